The predicted octanol–water partition coefficient (Wildman–Crippen LogP) is 3.45. The molecular weight excluding hydrogens is 320 g/mol. The maximum atomic E-state index is 12.2. The fourth-order valence-corrected chi connectivity index (χ4v) is 2.65. The van der Waals surface area contributed by atoms with Gasteiger partial charge in [-0.25, -0.2) is 0 Å². The van der Waals surface area contributed by atoms with E-state index in [1.807, 2.05) is 32.9 Å². The minimum Gasteiger partial charge on any atom is -0.493 e. The molecule has 0 radical (unpaired) electrons. The van der Waals surface area contributed by atoms with E-state index in [0.29, 0.717) is 17.1 Å². The van der Waals surface area contributed by atoms with Gasteiger partial charge in [-0.3, -0.25) is 4.79 Å². The number of methoxy groups -OCH3 is 1. The van der Waals surface area contributed by atoms with Crippen molar-refractivity contribution in [1.29, 1.82) is 0 Å². The highest BCUT2D eigenvalue weighted by Gasteiger charge is 2.11. The van der Waals surface area contributed by atoms with Gasteiger partial charge >= 0.3 is 0 Å². The van der Waals surface area contributed by atoms with E-state index in [9.17, 15) is 4.79 Å². The minimum absolute atomic E-state index is 0.142. The third-order valence-electron chi connectivity index (χ3n) is 3.69. The van der Waals surface area contributed by atoms with Crippen molar-refractivity contribution in [2.75, 3.05) is 19.0 Å². The number of oxime groups is 1. The van der Waals surface area contributed by atoms with Crippen molar-refractivity contribution < 1.29 is 19.5 Å². The molecule has 0 spiro atoms. The first kappa shape index (κ1) is 18.3. The molecular formula is C19H22N2O4. The van der Waals surface area contributed by atoms with Gasteiger partial charge in [0, 0.05) is 11.3 Å². The van der Waals surface area contributed by atoms with E-state index < -0.39 is 0 Å². The summed E-state index contributed by atoms with van der Waals surface area (Å²) in [6.45, 7) is 5.80. The van der Waals surface area contributed by atoms with Gasteiger partial charge in [-0.1, -0.05) is 22.9 Å². The van der Waals surface area contributed by atoms with Crippen LogP contribution in [0.2, 0.25) is 0 Å². The van der Waals surface area contributed by atoms with Gasteiger partial charge in [-0.2, -0.15) is 0 Å². The Labute approximate surface area is 147 Å². The third kappa shape index (κ3) is 4.73. The van der Waals surface area contributed by atoms with Crippen LogP contribution >= 0.6 is 0 Å². The lowest BCUT2D eigenvalue weighted by molar-refractivity contribution is -0.118. The van der Waals surface area contributed by atoms with Crippen molar-refractivity contribution in [3.05, 3.63) is 52.6 Å². The first-order valence-electron chi connectivity index (χ1n) is 7.80. The second kappa shape index (κ2) is 8.19. The number of ether oxygens (including phenoxy) is 2. The van der Waals surface area contributed by atoms with Crippen LogP contribution < -0.4 is 14.8 Å². The normalized spacial score (nSPS) is 10.7. The number of aryl methyl sites for hydroxylation is 3. The summed E-state index contributed by atoms with van der Waals surface area (Å²) in [6, 6.07) is 9.05. The summed E-state index contributed by atoms with van der Waals surface area (Å²) >= 11 is 0. The molecule has 0 heterocycles. The number of amides is 1. The fraction of sp³-hybridized carbons (Fsp3) is 0.263. The van der Waals surface area contributed by atoms with E-state index in [2.05, 4.69) is 10.5 Å². The summed E-state index contributed by atoms with van der Waals surface area (Å²) in [6.07, 6.45) is 1.28. The average molecular weight is 342 g/mol. The highest BCUT2D eigenvalue weighted by Crippen LogP contribution is 2.28. The van der Waals surface area contributed by atoms with Gasteiger partial charge in [0.15, 0.2) is 18.1 Å². The van der Waals surface area contributed by atoms with Crippen LogP contribution in [-0.2, 0) is 4.79 Å². The largest absolute Gasteiger partial charge is 0.493 e. The maximum Gasteiger partial charge on any atom is 0.262 e. The summed E-state index contributed by atoms with van der Waals surface area (Å²) in [5, 5.41) is 14.4. The van der Waals surface area contributed by atoms with Crippen LogP contribution in [0, 0.1) is 20.8 Å². The van der Waals surface area contributed by atoms with Gasteiger partial charge < -0.3 is 20.0 Å². The van der Waals surface area contributed by atoms with Gasteiger partial charge in [0.1, 0.15) is 0 Å². The number of nitrogens with one attached hydrogen (secondary N) is 1. The SMILES string of the molecule is COc1cc(/C=N\O)ccc1OCC(=O)Nc1c(C)cc(C)cc1C. The fourth-order valence-electron chi connectivity index (χ4n) is 2.65. The Kier molecular flexibility index (Phi) is 6.00. The van der Waals surface area contributed by atoms with Crippen LogP contribution in [0.15, 0.2) is 35.5 Å². The molecule has 0 saturated carbocycles. The number of hydrogen-bond acceptors (Lipinski definition) is 5. The Balaban J connectivity index is 2.05. The lowest BCUT2D eigenvalue weighted by atomic mass is 10.1. The molecule has 2 rings (SSSR count). The van der Waals surface area contributed by atoms with Crippen molar-refractivity contribution in [1.82, 2.24) is 0 Å². The summed E-state index contributed by atoms with van der Waals surface area (Å²) in [5.74, 6) is 0.635. The molecule has 6 nitrogen and oxygen atoms in total. The van der Waals surface area contributed by atoms with Crippen molar-refractivity contribution in [2.24, 2.45) is 5.16 Å². The molecule has 0 fully saturated rings. The molecule has 0 aliphatic carbocycles. The smallest absolute Gasteiger partial charge is 0.262 e. The second-order valence-electron chi connectivity index (χ2n) is 5.77. The highest BCUT2D eigenvalue weighted by molar-refractivity contribution is 5.93. The zero-order chi connectivity index (χ0) is 18.4. The zero-order valence-electron chi connectivity index (χ0n) is 14.8. The molecule has 1 amide bonds. The van der Waals surface area contributed by atoms with E-state index in [1.165, 1.54) is 13.3 Å². The van der Waals surface area contributed by atoms with E-state index in [4.69, 9.17) is 14.7 Å². The van der Waals surface area contributed by atoms with E-state index >= 15 is 0 Å². The van der Waals surface area contributed by atoms with E-state index in [-0.39, 0.29) is 12.5 Å². The van der Waals surface area contributed by atoms with Crippen LogP contribution in [0.4, 0.5) is 5.69 Å². The quantitative estimate of drug-likeness (QED) is 0.479. The van der Waals surface area contributed by atoms with Gasteiger partial charge in [-0.05, 0) is 50.1 Å². The van der Waals surface area contributed by atoms with Crippen molar-refractivity contribution in [2.45, 2.75) is 20.8 Å². The average Bonchev–Trinajstić information content (AvgIpc) is 2.57. The number of benzene rings is 2. The number of carbonyl (C=O) groups excluding carboxylic acids is 1. The van der Waals surface area contributed by atoms with Crippen LogP contribution in [0.3, 0.4) is 0 Å². The van der Waals surface area contributed by atoms with Gasteiger partial charge in [0.25, 0.3) is 5.91 Å². The van der Waals surface area contributed by atoms with Gasteiger partial charge in [-0.15, -0.1) is 0 Å². The standard InChI is InChI=1S/C19H22N2O4/c1-12-7-13(2)19(14(3)8-12)21-18(22)11-25-16-6-5-15(10-20-23)9-17(16)24-4/h5-10,23H,11H2,1-4H3,(H,21,22)/b20-10-. The summed E-state index contributed by atoms with van der Waals surface area (Å²) in [4.78, 5) is 12.2. The van der Waals surface area contributed by atoms with Crippen LogP contribution in [0.5, 0.6) is 11.5 Å². The van der Waals surface area contributed by atoms with Crippen LogP contribution in [0.1, 0.15) is 22.3 Å². The molecule has 0 aromatic heterocycles. The molecule has 2 aromatic carbocycles. The van der Waals surface area contributed by atoms with E-state index in [0.717, 1.165) is 22.4 Å². The Morgan fingerprint density at radius 1 is 1.16 bits per heavy atom. The maximum absolute atomic E-state index is 12.2. The number of carbonyl (C=O) groups is 1. The highest BCUT2D eigenvalue weighted by atomic mass is 16.5. The topological polar surface area (TPSA) is 80.2 Å². The van der Waals surface area contributed by atoms with E-state index in [1.54, 1.807) is 18.2 Å². The Morgan fingerprint density at radius 2 is 1.84 bits per heavy atom. The first-order chi connectivity index (χ1) is 11.9. The molecule has 0 aliphatic heterocycles. The molecule has 25 heavy (non-hydrogen) atoms. The van der Waals surface area contributed by atoms with Crippen molar-refractivity contribution in [3.63, 3.8) is 0 Å². The number of anilines is 1. The lowest BCUT2D eigenvalue weighted by Gasteiger charge is -2.14. The molecule has 6 heteroatoms. The third-order valence-corrected chi connectivity index (χ3v) is 3.69. The molecule has 0 aliphatic rings. The number of hydrogen-bond donors (Lipinski definition) is 2. The van der Waals surface area contributed by atoms with Crippen molar-refractivity contribution in [3.8, 4) is 11.5 Å². The monoisotopic (exact) mass is 342 g/mol. The zero-order valence-corrected chi connectivity index (χ0v) is 14.8. The second-order valence-corrected chi connectivity index (χ2v) is 5.77. The van der Waals surface area contributed by atoms with Gasteiger partial charge in [0.2, 0.25) is 0 Å². The Hall–Kier alpha value is -3.02. The summed E-state index contributed by atoms with van der Waals surface area (Å²) < 4.78 is 10.8. The van der Waals surface area contributed by atoms with Crippen LogP contribution in [-0.4, -0.2) is 31.0 Å². The molecule has 0 unspecified atom stereocenters. The predicted molar refractivity (Wildman–Crippen MR) is 97.2 cm³/mol. The first-order valence-corrected chi connectivity index (χ1v) is 7.80. The van der Waals surface area contributed by atoms with Gasteiger partial charge in [0.05, 0.1) is 13.3 Å². The molecule has 132 valence electrons. The molecule has 0 bridgehead atoms. The number of nitrogens with zero attached hydrogens (tertiary/aromatic N) is 1. The molecule has 0 saturated heterocycles. The Bertz CT molecular complexity index is 777. The number of rotatable bonds is 6. The molecule has 2 aromatic rings. The molecule has 2 N–H and O–H groups in total. The summed E-state index contributed by atoms with van der Waals surface area (Å²) in [7, 11) is 1.50. The van der Waals surface area contributed by atoms with Crippen molar-refractivity contribution >= 4 is 17.8 Å². The van der Waals surface area contributed by atoms with Crippen LogP contribution in [0.25, 0.3) is 0 Å². The lowest BCUT2D eigenvalue weighted by Crippen LogP contribution is -2.21. The summed E-state index contributed by atoms with van der Waals surface area (Å²) in [5.41, 5.74) is 4.63. The molecule has 0 atom stereocenters. The Morgan fingerprint density at radius 3 is 2.44 bits per heavy atom. The minimum atomic E-state index is -0.252.